The number of thiazole rings is 1. The molecule has 2 bridgehead atoms. The molecule has 5 heterocycles. The molecule has 2 atom stereocenters. The van der Waals surface area contributed by atoms with E-state index in [0.717, 1.165) is 82.6 Å². The minimum atomic E-state index is -0.704. The third-order valence-corrected chi connectivity index (χ3v) is 9.28. The van der Waals surface area contributed by atoms with E-state index < -0.39 is 5.60 Å². The Morgan fingerprint density at radius 1 is 1.03 bits per heavy atom. The molecule has 4 aromatic rings. The van der Waals surface area contributed by atoms with Crippen LogP contribution in [0.3, 0.4) is 0 Å². The molecule has 9 heteroatoms. The second-order valence-corrected chi connectivity index (χ2v) is 11.9. The van der Waals surface area contributed by atoms with Gasteiger partial charge in [-0.2, -0.15) is 4.98 Å². The molecule has 2 N–H and O–H groups in total. The van der Waals surface area contributed by atoms with E-state index in [-0.39, 0.29) is 0 Å². The van der Waals surface area contributed by atoms with E-state index in [9.17, 15) is 5.11 Å². The molecule has 190 valence electrons. The number of fused-ring (bicyclic) bond motifs is 3. The monoisotopic (exact) mass is 513 g/mol. The topological polar surface area (TPSA) is 90.3 Å². The molecule has 0 radical (unpaired) electrons. The van der Waals surface area contributed by atoms with E-state index in [2.05, 4.69) is 39.3 Å². The molecule has 1 aliphatic carbocycles. The van der Waals surface area contributed by atoms with Gasteiger partial charge in [0, 0.05) is 54.8 Å². The summed E-state index contributed by atoms with van der Waals surface area (Å²) < 4.78 is 1.03. The number of aromatic nitrogens is 4. The standard InChI is InChI=1S/C28H31N7OS/c1-17-10-25(33-27(30-17)35-16-20-12-21(35)15-34(20)2)32-24-13-22-23(14-29-24)37-26(31-22)18-6-5-7-19(11-18)28(36)8-3-4-9-28/h5-7,10-11,13-14,20-21,36H,3-4,8-9,12,15-16H2,1-2H3,(H,29,30,32,33)/t20-,21-/m0/s1. The van der Waals surface area contributed by atoms with Gasteiger partial charge in [0.2, 0.25) is 5.95 Å². The molecule has 3 aromatic heterocycles. The maximum Gasteiger partial charge on any atom is 0.227 e. The van der Waals surface area contributed by atoms with Crippen molar-refractivity contribution in [1.29, 1.82) is 0 Å². The van der Waals surface area contributed by atoms with Crippen LogP contribution in [0.4, 0.5) is 17.6 Å². The number of anilines is 3. The van der Waals surface area contributed by atoms with Crippen LogP contribution in [0.2, 0.25) is 0 Å². The van der Waals surface area contributed by atoms with Crippen LogP contribution in [0.25, 0.3) is 20.8 Å². The number of pyridine rings is 1. The Labute approximate surface area is 220 Å². The van der Waals surface area contributed by atoms with E-state index in [1.165, 1.54) is 6.42 Å². The number of likely N-dealkylation sites (tertiary alicyclic amines) is 1. The maximum absolute atomic E-state index is 11.1. The minimum Gasteiger partial charge on any atom is -0.385 e. The molecule has 3 aliphatic rings. The fourth-order valence-electron chi connectivity index (χ4n) is 6.20. The van der Waals surface area contributed by atoms with Crippen LogP contribution in [0.1, 0.15) is 43.4 Å². The number of benzene rings is 1. The fourth-order valence-corrected chi connectivity index (χ4v) is 7.12. The molecule has 2 aliphatic heterocycles. The summed E-state index contributed by atoms with van der Waals surface area (Å²) in [6.45, 7) is 4.06. The molecule has 7 rings (SSSR count). The van der Waals surface area contributed by atoms with E-state index >= 15 is 0 Å². The Kier molecular flexibility index (Phi) is 5.42. The van der Waals surface area contributed by atoms with Gasteiger partial charge in [-0.05, 0) is 44.9 Å². The van der Waals surface area contributed by atoms with Gasteiger partial charge in [-0.15, -0.1) is 11.3 Å². The number of nitrogens with zero attached hydrogens (tertiary/aromatic N) is 6. The third-order valence-electron chi connectivity index (χ3n) is 8.22. The largest absolute Gasteiger partial charge is 0.385 e. The molecule has 0 amide bonds. The van der Waals surface area contributed by atoms with Gasteiger partial charge in [-0.25, -0.2) is 15.0 Å². The smallest absolute Gasteiger partial charge is 0.227 e. The molecule has 0 unspecified atom stereocenters. The third kappa shape index (κ3) is 4.15. The van der Waals surface area contributed by atoms with E-state index in [0.29, 0.717) is 17.9 Å². The summed E-state index contributed by atoms with van der Waals surface area (Å²) in [4.78, 5) is 23.9. The first-order valence-corrected chi connectivity index (χ1v) is 13.9. The zero-order valence-electron chi connectivity index (χ0n) is 21.2. The molecule has 0 spiro atoms. The predicted octanol–water partition coefficient (Wildman–Crippen LogP) is 4.85. The number of likely N-dealkylation sites (N-methyl/N-ethyl adjacent to an activating group) is 1. The molecular weight excluding hydrogens is 482 g/mol. The lowest BCUT2D eigenvalue weighted by Crippen LogP contribution is -2.45. The average Bonchev–Trinajstić information content (AvgIpc) is 3.67. The highest BCUT2D eigenvalue weighted by molar-refractivity contribution is 7.21. The predicted molar refractivity (Wildman–Crippen MR) is 147 cm³/mol. The van der Waals surface area contributed by atoms with E-state index in [4.69, 9.17) is 15.0 Å². The lowest BCUT2D eigenvalue weighted by Gasteiger charge is -2.32. The maximum atomic E-state index is 11.1. The van der Waals surface area contributed by atoms with Crippen molar-refractivity contribution in [3.05, 3.63) is 53.9 Å². The Morgan fingerprint density at radius 3 is 2.68 bits per heavy atom. The van der Waals surface area contributed by atoms with E-state index in [1.807, 2.05) is 37.4 Å². The average molecular weight is 514 g/mol. The van der Waals surface area contributed by atoms with Crippen LogP contribution in [-0.2, 0) is 5.60 Å². The second kappa shape index (κ2) is 8.72. The summed E-state index contributed by atoms with van der Waals surface area (Å²) in [6, 6.07) is 13.3. The van der Waals surface area contributed by atoms with Gasteiger partial charge in [0.15, 0.2) is 0 Å². The molecular formula is C28H31N7OS. The number of aryl methyl sites for hydroxylation is 1. The number of nitrogens with one attached hydrogen (secondary N) is 1. The summed E-state index contributed by atoms with van der Waals surface area (Å²) in [5.74, 6) is 2.26. The van der Waals surface area contributed by atoms with Crippen LogP contribution >= 0.6 is 11.3 Å². The number of rotatable bonds is 5. The highest BCUT2D eigenvalue weighted by Crippen LogP contribution is 2.40. The zero-order valence-corrected chi connectivity index (χ0v) is 22.0. The van der Waals surface area contributed by atoms with Crippen LogP contribution in [0.5, 0.6) is 0 Å². The second-order valence-electron chi connectivity index (χ2n) is 10.8. The fraction of sp³-hybridized carbons (Fsp3) is 0.429. The van der Waals surface area contributed by atoms with Gasteiger partial charge >= 0.3 is 0 Å². The van der Waals surface area contributed by atoms with Crippen molar-refractivity contribution >= 4 is 39.1 Å². The summed E-state index contributed by atoms with van der Waals surface area (Å²) in [5.41, 5.74) is 3.16. The van der Waals surface area contributed by atoms with Gasteiger partial charge in [0.25, 0.3) is 0 Å². The van der Waals surface area contributed by atoms with Gasteiger partial charge in [0.1, 0.15) is 16.6 Å². The lowest BCUT2D eigenvalue weighted by atomic mass is 9.91. The van der Waals surface area contributed by atoms with Crippen LogP contribution in [0, 0.1) is 6.92 Å². The highest BCUT2D eigenvalue weighted by atomic mass is 32.1. The van der Waals surface area contributed by atoms with Gasteiger partial charge in [-0.1, -0.05) is 31.0 Å². The van der Waals surface area contributed by atoms with Crippen LogP contribution in [-0.4, -0.2) is 62.2 Å². The van der Waals surface area contributed by atoms with Crippen molar-refractivity contribution in [1.82, 2.24) is 24.8 Å². The molecule has 37 heavy (non-hydrogen) atoms. The first kappa shape index (κ1) is 23.0. The van der Waals surface area contributed by atoms with Crippen molar-refractivity contribution < 1.29 is 5.11 Å². The van der Waals surface area contributed by atoms with Crippen molar-refractivity contribution in [2.45, 2.75) is 56.7 Å². The van der Waals surface area contributed by atoms with E-state index in [1.54, 1.807) is 11.3 Å². The molecule has 3 fully saturated rings. The van der Waals surface area contributed by atoms with Crippen molar-refractivity contribution in [2.75, 3.05) is 30.4 Å². The summed E-state index contributed by atoms with van der Waals surface area (Å²) in [6.07, 6.45) is 6.87. The van der Waals surface area contributed by atoms with Crippen molar-refractivity contribution in [3.8, 4) is 10.6 Å². The van der Waals surface area contributed by atoms with Crippen LogP contribution < -0.4 is 10.2 Å². The first-order valence-electron chi connectivity index (χ1n) is 13.1. The Morgan fingerprint density at radius 2 is 1.89 bits per heavy atom. The van der Waals surface area contributed by atoms with Gasteiger partial charge in [-0.3, -0.25) is 4.90 Å². The first-order chi connectivity index (χ1) is 17.9. The van der Waals surface area contributed by atoms with Gasteiger partial charge in [0.05, 0.1) is 15.8 Å². The number of aliphatic hydroxyl groups is 1. The zero-order chi connectivity index (χ0) is 25.1. The van der Waals surface area contributed by atoms with Crippen molar-refractivity contribution in [2.24, 2.45) is 0 Å². The molecule has 2 saturated heterocycles. The van der Waals surface area contributed by atoms with Crippen molar-refractivity contribution in [3.63, 3.8) is 0 Å². The number of hydrogen-bond donors (Lipinski definition) is 2. The minimum absolute atomic E-state index is 0.487. The Balaban J connectivity index is 1.14. The van der Waals surface area contributed by atoms with Crippen LogP contribution in [0.15, 0.2) is 42.6 Å². The summed E-state index contributed by atoms with van der Waals surface area (Å²) in [7, 11) is 2.20. The molecule has 1 saturated carbocycles. The summed E-state index contributed by atoms with van der Waals surface area (Å²) >= 11 is 1.62. The molecule has 8 nitrogen and oxygen atoms in total. The summed E-state index contributed by atoms with van der Waals surface area (Å²) in [5, 5.41) is 15.4. The SMILES string of the molecule is Cc1cc(Nc2cc3nc(-c4cccc(C5(O)CCCC5)c4)sc3cn2)nc(N2C[C@@H]3C[C@H]2CN3C)n1. The normalized spacial score (nSPS) is 22.8. The van der Waals surface area contributed by atoms with Gasteiger partial charge < -0.3 is 15.3 Å². The number of hydrogen-bond acceptors (Lipinski definition) is 9. The Bertz CT molecular complexity index is 1480. The lowest BCUT2D eigenvalue weighted by molar-refractivity contribution is 0.0445. The quantitative estimate of drug-likeness (QED) is 0.391. The Hall–Kier alpha value is -3.14. The highest BCUT2D eigenvalue weighted by Gasteiger charge is 2.42. The molecule has 1 aromatic carbocycles. The number of piperazine rings is 1.